The van der Waals surface area contributed by atoms with E-state index in [2.05, 4.69) is 18.8 Å². The van der Waals surface area contributed by atoms with E-state index in [9.17, 15) is 9.59 Å². The van der Waals surface area contributed by atoms with Crippen molar-refractivity contribution in [2.45, 2.75) is 26.2 Å². The summed E-state index contributed by atoms with van der Waals surface area (Å²) in [4.78, 5) is 26.6. The predicted molar refractivity (Wildman–Crippen MR) is 90.4 cm³/mol. The first-order chi connectivity index (χ1) is 11.2. The van der Waals surface area contributed by atoms with E-state index in [0.29, 0.717) is 22.4 Å². The standard InChI is InChI=1S/C20H17NO2/c1-2-3-4-6-10-15-11-9-14-17-18(15)20(23)21(19(17)22)16-12-7-5-8-13-16/h5,7-9,11-14H,2-4H2,1H3. The van der Waals surface area contributed by atoms with Gasteiger partial charge in [-0.25, -0.2) is 4.90 Å². The van der Waals surface area contributed by atoms with Gasteiger partial charge in [0, 0.05) is 12.0 Å². The molecule has 2 amide bonds. The smallest absolute Gasteiger partial charge is 0.267 e. The molecule has 3 rings (SSSR count). The van der Waals surface area contributed by atoms with Crippen LogP contribution in [-0.2, 0) is 0 Å². The molecule has 23 heavy (non-hydrogen) atoms. The van der Waals surface area contributed by atoms with E-state index in [1.165, 1.54) is 4.90 Å². The fourth-order valence-corrected chi connectivity index (χ4v) is 2.62. The van der Waals surface area contributed by atoms with Crippen molar-refractivity contribution < 1.29 is 9.59 Å². The minimum absolute atomic E-state index is 0.284. The number of hydrogen-bond donors (Lipinski definition) is 0. The van der Waals surface area contributed by atoms with Crippen LogP contribution >= 0.6 is 0 Å². The number of hydrogen-bond acceptors (Lipinski definition) is 2. The zero-order valence-electron chi connectivity index (χ0n) is 13.0. The van der Waals surface area contributed by atoms with Crippen molar-refractivity contribution in [2.75, 3.05) is 4.90 Å². The molecule has 0 aliphatic carbocycles. The summed E-state index contributed by atoms with van der Waals surface area (Å²) in [6, 6.07) is 14.3. The van der Waals surface area contributed by atoms with Crippen molar-refractivity contribution >= 4 is 17.5 Å². The molecule has 1 aliphatic rings. The number of anilines is 1. The van der Waals surface area contributed by atoms with Crippen molar-refractivity contribution in [2.24, 2.45) is 0 Å². The van der Waals surface area contributed by atoms with Crippen molar-refractivity contribution in [3.05, 3.63) is 65.2 Å². The highest BCUT2D eigenvalue weighted by Crippen LogP contribution is 2.30. The lowest BCUT2D eigenvalue weighted by molar-refractivity contribution is 0.0926. The molecular weight excluding hydrogens is 286 g/mol. The van der Waals surface area contributed by atoms with E-state index in [-0.39, 0.29) is 11.8 Å². The molecular formula is C20H17NO2. The van der Waals surface area contributed by atoms with E-state index in [1.807, 2.05) is 18.2 Å². The Morgan fingerprint density at radius 2 is 1.74 bits per heavy atom. The number of fused-ring (bicyclic) bond motifs is 1. The van der Waals surface area contributed by atoms with Crippen molar-refractivity contribution in [3.8, 4) is 11.8 Å². The van der Waals surface area contributed by atoms with Crippen LogP contribution in [0.1, 0.15) is 52.5 Å². The largest absolute Gasteiger partial charge is 0.268 e. The molecule has 0 spiro atoms. The number of benzene rings is 2. The fourth-order valence-electron chi connectivity index (χ4n) is 2.62. The highest BCUT2D eigenvalue weighted by atomic mass is 16.2. The van der Waals surface area contributed by atoms with Crippen LogP contribution in [0.25, 0.3) is 0 Å². The number of carbonyl (C=O) groups excluding carboxylic acids is 2. The molecule has 0 N–H and O–H groups in total. The summed E-state index contributed by atoms with van der Waals surface area (Å²) < 4.78 is 0. The van der Waals surface area contributed by atoms with Gasteiger partial charge >= 0.3 is 0 Å². The lowest BCUT2D eigenvalue weighted by Crippen LogP contribution is -2.29. The molecule has 2 aromatic carbocycles. The van der Waals surface area contributed by atoms with Crippen LogP contribution < -0.4 is 4.90 Å². The Labute approximate surface area is 135 Å². The Morgan fingerprint density at radius 3 is 2.48 bits per heavy atom. The second kappa shape index (κ2) is 6.50. The third-order valence-corrected chi connectivity index (χ3v) is 3.81. The summed E-state index contributed by atoms with van der Waals surface area (Å²) >= 11 is 0. The minimum Gasteiger partial charge on any atom is -0.268 e. The lowest BCUT2D eigenvalue weighted by Gasteiger charge is -2.13. The Morgan fingerprint density at radius 1 is 0.957 bits per heavy atom. The molecule has 1 aliphatic heterocycles. The predicted octanol–water partition coefficient (Wildman–Crippen LogP) is 4.03. The molecule has 2 aromatic rings. The number of imide groups is 1. The highest BCUT2D eigenvalue weighted by Gasteiger charge is 2.38. The Hall–Kier alpha value is -2.86. The Bertz CT molecular complexity index is 813. The molecule has 0 aromatic heterocycles. The van der Waals surface area contributed by atoms with E-state index in [0.717, 1.165) is 19.3 Å². The SMILES string of the molecule is CCCCC#Cc1cccc2c1C(=O)N(c1ccccc1)C2=O. The van der Waals surface area contributed by atoms with Crippen LogP contribution in [0.4, 0.5) is 5.69 Å². The van der Waals surface area contributed by atoms with Crippen LogP contribution in [0.2, 0.25) is 0 Å². The van der Waals surface area contributed by atoms with E-state index >= 15 is 0 Å². The first-order valence-corrected chi connectivity index (χ1v) is 7.79. The molecule has 0 saturated carbocycles. The number of para-hydroxylation sites is 1. The second-order valence-corrected chi connectivity index (χ2v) is 5.41. The molecule has 0 saturated heterocycles. The van der Waals surface area contributed by atoms with Gasteiger partial charge in [0.05, 0.1) is 16.8 Å². The maximum absolute atomic E-state index is 12.8. The molecule has 0 atom stereocenters. The summed E-state index contributed by atoms with van der Waals surface area (Å²) in [5.41, 5.74) is 2.07. The van der Waals surface area contributed by atoms with Crippen LogP contribution in [0, 0.1) is 11.8 Å². The molecule has 3 heteroatoms. The number of carbonyl (C=O) groups is 2. The van der Waals surface area contributed by atoms with Gasteiger partial charge in [-0.2, -0.15) is 0 Å². The maximum atomic E-state index is 12.8. The number of nitrogens with zero attached hydrogens (tertiary/aromatic N) is 1. The zero-order valence-corrected chi connectivity index (χ0v) is 13.0. The molecule has 1 heterocycles. The minimum atomic E-state index is -0.295. The number of rotatable bonds is 3. The number of unbranched alkanes of at least 4 members (excludes halogenated alkanes) is 2. The quantitative estimate of drug-likeness (QED) is 0.488. The highest BCUT2D eigenvalue weighted by molar-refractivity contribution is 6.35. The van der Waals surface area contributed by atoms with E-state index in [1.54, 1.807) is 30.3 Å². The molecule has 0 fully saturated rings. The molecule has 3 nitrogen and oxygen atoms in total. The van der Waals surface area contributed by atoms with Gasteiger partial charge in [-0.05, 0) is 30.7 Å². The van der Waals surface area contributed by atoms with Crippen LogP contribution in [0.3, 0.4) is 0 Å². The Kier molecular flexibility index (Phi) is 4.25. The Balaban J connectivity index is 2.00. The van der Waals surface area contributed by atoms with Gasteiger partial charge in [-0.3, -0.25) is 9.59 Å². The third-order valence-electron chi connectivity index (χ3n) is 3.81. The van der Waals surface area contributed by atoms with Crippen LogP contribution in [-0.4, -0.2) is 11.8 Å². The van der Waals surface area contributed by atoms with Gasteiger partial charge in [0.25, 0.3) is 11.8 Å². The summed E-state index contributed by atoms with van der Waals surface area (Å²) in [5, 5.41) is 0. The summed E-state index contributed by atoms with van der Waals surface area (Å²) in [6.07, 6.45) is 2.91. The number of amides is 2. The second-order valence-electron chi connectivity index (χ2n) is 5.41. The monoisotopic (exact) mass is 303 g/mol. The normalized spacial score (nSPS) is 12.8. The van der Waals surface area contributed by atoms with Crippen LogP contribution in [0.15, 0.2) is 48.5 Å². The molecule has 0 bridgehead atoms. The first kappa shape index (κ1) is 15.1. The van der Waals surface area contributed by atoms with Gasteiger partial charge in [-0.1, -0.05) is 49.5 Å². The van der Waals surface area contributed by atoms with Gasteiger partial charge in [0.2, 0.25) is 0 Å². The topological polar surface area (TPSA) is 37.4 Å². The average molecular weight is 303 g/mol. The maximum Gasteiger partial charge on any atom is 0.267 e. The van der Waals surface area contributed by atoms with Gasteiger partial charge in [-0.15, -0.1) is 0 Å². The average Bonchev–Trinajstić information content (AvgIpc) is 2.84. The zero-order chi connectivity index (χ0) is 16.2. The first-order valence-electron chi connectivity index (χ1n) is 7.79. The third kappa shape index (κ3) is 2.76. The fraction of sp³-hybridized carbons (Fsp3) is 0.200. The van der Waals surface area contributed by atoms with E-state index in [4.69, 9.17) is 0 Å². The molecule has 114 valence electrons. The lowest BCUT2D eigenvalue weighted by atomic mass is 10.0. The van der Waals surface area contributed by atoms with Gasteiger partial charge in [0.15, 0.2) is 0 Å². The van der Waals surface area contributed by atoms with Crippen molar-refractivity contribution in [1.82, 2.24) is 0 Å². The summed E-state index contributed by atoms with van der Waals surface area (Å²) in [6.45, 7) is 2.11. The van der Waals surface area contributed by atoms with Crippen LogP contribution in [0.5, 0.6) is 0 Å². The van der Waals surface area contributed by atoms with Crippen molar-refractivity contribution in [1.29, 1.82) is 0 Å². The summed E-state index contributed by atoms with van der Waals surface area (Å²) in [7, 11) is 0. The summed E-state index contributed by atoms with van der Waals surface area (Å²) in [5.74, 6) is 5.56. The van der Waals surface area contributed by atoms with E-state index < -0.39 is 0 Å². The molecule has 0 radical (unpaired) electrons. The van der Waals surface area contributed by atoms with Gasteiger partial charge in [0.1, 0.15) is 0 Å². The van der Waals surface area contributed by atoms with Crippen molar-refractivity contribution in [3.63, 3.8) is 0 Å². The van der Waals surface area contributed by atoms with Gasteiger partial charge < -0.3 is 0 Å². The molecule has 0 unspecified atom stereocenters.